The molecule has 0 spiro atoms. The van der Waals surface area contributed by atoms with Crippen LogP contribution in [0.2, 0.25) is 0 Å². The molecule has 2 aromatic carbocycles. The first kappa shape index (κ1) is 20.0. The smallest absolute Gasteiger partial charge is 0.0149 e. The van der Waals surface area contributed by atoms with Gasteiger partial charge in [0.1, 0.15) is 0 Å². The molecule has 0 bridgehead atoms. The molecule has 0 atom stereocenters. The number of fused-ring (bicyclic) bond motifs is 1. The van der Waals surface area contributed by atoms with Gasteiger partial charge in [0, 0.05) is 0 Å². The molecule has 0 heterocycles. The summed E-state index contributed by atoms with van der Waals surface area (Å²) in [5.41, 5.74) is 1.56. The maximum atomic E-state index is 2.30. The Morgan fingerprint density at radius 3 is 1.95 bits per heavy atom. The van der Waals surface area contributed by atoms with Gasteiger partial charge in [0.05, 0.1) is 0 Å². The Labute approximate surface area is 120 Å². The highest BCUT2D eigenvalue weighted by atomic mass is 14.2. The van der Waals surface area contributed by atoms with Crippen molar-refractivity contribution in [3.63, 3.8) is 0 Å². The number of benzene rings is 2. The van der Waals surface area contributed by atoms with E-state index in [0.29, 0.717) is 0 Å². The minimum absolute atomic E-state index is 0. The first-order valence-electron chi connectivity index (χ1n) is 6.43. The van der Waals surface area contributed by atoms with Crippen LogP contribution in [0.5, 0.6) is 0 Å². The molecule has 19 heavy (non-hydrogen) atoms. The van der Waals surface area contributed by atoms with Crippen molar-refractivity contribution in [1.82, 2.24) is 0 Å². The van der Waals surface area contributed by atoms with Crippen LogP contribution in [-0.4, -0.2) is 0 Å². The summed E-state index contributed by atoms with van der Waals surface area (Å²) >= 11 is 0. The Balaban J connectivity index is 0. The Morgan fingerprint density at radius 1 is 0.789 bits per heavy atom. The van der Waals surface area contributed by atoms with Gasteiger partial charge in [0.2, 0.25) is 0 Å². The van der Waals surface area contributed by atoms with Crippen LogP contribution in [0.25, 0.3) is 10.8 Å². The van der Waals surface area contributed by atoms with Gasteiger partial charge in [0.25, 0.3) is 0 Å². The van der Waals surface area contributed by atoms with Crippen LogP contribution in [0, 0.1) is 0 Å². The molecule has 1 fully saturated rings. The summed E-state index contributed by atoms with van der Waals surface area (Å²) in [6.45, 7) is 4.00. The summed E-state index contributed by atoms with van der Waals surface area (Å²) in [4.78, 5) is 0. The minimum Gasteiger partial charge on any atom is -0.0776 e. The van der Waals surface area contributed by atoms with Crippen molar-refractivity contribution in [3.8, 4) is 0 Å². The van der Waals surface area contributed by atoms with Gasteiger partial charge < -0.3 is 0 Å². The zero-order valence-corrected chi connectivity index (χ0v) is 10.2. The molecule has 2 aromatic rings. The number of hydrogen-bond donors (Lipinski definition) is 0. The second-order valence-corrected chi connectivity index (χ2v) is 4.20. The van der Waals surface area contributed by atoms with E-state index in [1.165, 1.54) is 30.0 Å². The van der Waals surface area contributed by atoms with E-state index in [4.69, 9.17) is 0 Å². The standard InChI is InChI=1S/C14H14.C2H6.3CH4/c1-2-9-13-11(5-1)8-4-10-14(13)12-6-3-7-12;1-2;;;/h1-2,4-5,8-10,12H,3,6-7H2;1-2H3;3*1H4. The highest BCUT2D eigenvalue weighted by molar-refractivity contribution is 5.86. The average Bonchev–Trinajstić information content (AvgIpc) is 2.30. The van der Waals surface area contributed by atoms with Gasteiger partial charge >= 0.3 is 0 Å². The fourth-order valence-corrected chi connectivity index (χ4v) is 2.33. The van der Waals surface area contributed by atoms with Crippen LogP contribution in [0.1, 0.15) is 66.9 Å². The van der Waals surface area contributed by atoms with Crippen LogP contribution in [0.15, 0.2) is 42.5 Å². The molecule has 0 aromatic heterocycles. The van der Waals surface area contributed by atoms with E-state index in [-0.39, 0.29) is 22.3 Å². The summed E-state index contributed by atoms with van der Waals surface area (Å²) in [5, 5.41) is 2.84. The molecule has 0 unspecified atom stereocenters. The van der Waals surface area contributed by atoms with Gasteiger partial charge in [-0.25, -0.2) is 0 Å². The molecule has 0 heteroatoms. The zero-order chi connectivity index (χ0) is 11.4. The van der Waals surface area contributed by atoms with Gasteiger partial charge in [0.15, 0.2) is 0 Å². The quantitative estimate of drug-likeness (QED) is 0.515. The maximum Gasteiger partial charge on any atom is -0.0149 e. The molecule has 108 valence electrons. The normalized spacial score (nSPS) is 12.7. The first-order chi connectivity index (χ1) is 7.95. The van der Waals surface area contributed by atoms with Gasteiger partial charge in [-0.1, -0.05) is 85.0 Å². The first-order valence-corrected chi connectivity index (χ1v) is 6.43. The molecule has 0 radical (unpaired) electrons. The molecular weight excluding hydrogens is 228 g/mol. The van der Waals surface area contributed by atoms with Crippen LogP contribution in [-0.2, 0) is 0 Å². The summed E-state index contributed by atoms with van der Waals surface area (Å²) in [6, 6.07) is 15.4. The van der Waals surface area contributed by atoms with Gasteiger partial charge in [-0.05, 0) is 35.1 Å². The van der Waals surface area contributed by atoms with E-state index in [2.05, 4.69) is 42.5 Å². The van der Waals surface area contributed by atoms with E-state index >= 15 is 0 Å². The van der Waals surface area contributed by atoms with Gasteiger partial charge in [-0.2, -0.15) is 0 Å². The minimum atomic E-state index is 0. The summed E-state index contributed by atoms with van der Waals surface area (Å²) < 4.78 is 0. The topological polar surface area (TPSA) is 0 Å². The Hall–Kier alpha value is -1.30. The van der Waals surface area contributed by atoms with Crippen molar-refractivity contribution in [2.24, 2.45) is 0 Å². The lowest BCUT2D eigenvalue weighted by Gasteiger charge is -2.27. The van der Waals surface area contributed by atoms with Crippen molar-refractivity contribution in [1.29, 1.82) is 0 Å². The Bertz CT molecular complexity index is 447. The third-order valence-electron chi connectivity index (χ3n) is 3.37. The molecule has 1 aliphatic rings. The highest BCUT2D eigenvalue weighted by Crippen LogP contribution is 2.39. The average molecular weight is 260 g/mol. The fraction of sp³-hybridized carbons (Fsp3) is 0.474. The molecular formula is C19H32. The fourth-order valence-electron chi connectivity index (χ4n) is 2.33. The van der Waals surface area contributed by atoms with Crippen molar-refractivity contribution in [3.05, 3.63) is 48.0 Å². The summed E-state index contributed by atoms with van der Waals surface area (Å²) in [7, 11) is 0. The van der Waals surface area contributed by atoms with Crippen LogP contribution in [0.4, 0.5) is 0 Å². The van der Waals surface area contributed by atoms with Crippen molar-refractivity contribution in [2.75, 3.05) is 0 Å². The predicted molar refractivity (Wildman–Crippen MR) is 92.1 cm³/mol. The maximum absolute atomic E-state index is 2.30. The largest absolute Gasteiger partial charge is 0.0776 e. The van der Waals surface area contributed by atoms with Crippen LogP contribution < -0.4 is 0 Å². The number of rotatable bonds is 1. The summed E-state index contributed by atoms with van der Waals surface area (Å²) in [6.07, 6.45) is 4.18. The Morgan fingerprint density at radius 2 is 1.37 bits per heavy atom. The third-order valence-corrected chi connectivity index (χ3v) is 3.37. The summed E-state index contributed by atoms with van der Waals surface area (Å²) in [5.74, 6) is 0.834. The van der Waals surface area contributed by atoms with Crippen molar-refractivity contribution >= 4 is 10.8 Å². The van der Waals surface area contributed by atoms with Gasteiger partial charge in [-0.3, -0.25) is 0 Å². The van der Waals surface area contributed by atoms with Crippen LogP contribution in [0.3, 0.4) is 0 Å². The van der Waals surface area contributed by atoms with E-state index in [1.54, 1.807) is 5.56 Å². The van der Waals surface area contributed by atoms with E-state index in [9.17, 15) is 0 Å². The molecule has 3 rings (SSSR count). The lowest BCUT2D eigenvalue weighted by molar-refractivity contribution is 0.422. The monoisotopic (exact) mass is 260 g/mol. The molecule has 0 amide bonds. The molecule has 1 aliphatic carbocycles. The second-order valence-electron chi connectivity index (χ2n) is 4.20. The van der Waals surface area contributed by atoms with E-state index in [0.717, 1.165) is 5.92 Å². The van der Waals surface area contributed by atoms with Crippen molar-refractivity contribution < 1.29 is 0 Å². The highest BCUT2D eigenvalue weighted by Gasteiger charge is 2.20. The molecule has 0 saturated heterocycles. The third kappa shape index (κ3) is 4.09. The molecule has 0 aliphatic heterocycles. The van der Waals surface area contributed by atoms with Gasteiger partial charge in [-0.15, -0.1) is 0 Å². The lowest BCUT2D eigenvalue weighted by Crippen LogP contribution is -2.08. The molecule has 1 saturated carbocycles. The van der Waals surface area contributed by atoms with E-state index in [1.807, 2.05) is 13.8 Å². The van der Waals surface area contributed by atoms with Crippen molar-refractivity contribution in [2.45, 2.75) is 61.3 Å². The predicted octanol–water partition coefficient (Wildman–Crippen LogP) is 7.04. The molecule has 0 N–H and O–H groups in total. The van der Waals surface area contributed by atoms with Crippen LogP contribution >= 0.6 is 0 Å². The lowest BCUT2D eigenvalue weighted by atomic mass is 9.78. The van der Waals surface area contributed by atoms with E-state index < -0.39 is 0 Å². The zero-order valence-electron chi connectivity index (χ0n) is 10.2. The second kappa shape index (κ2) is 9.61. The Kier molecular flexibility index (Phi) is 10.1. The number of hydrogen-bond acceptors (Lipinski definition) is 0. The molecule has 0 nitrogen and oxygen atoms in total. The SMILES string of the molecule is C.C.C.CC.c1ccc2c(C3CCC3)cccc2c1.